The van der Waals surface area contributed by atoms with Gasteiger partial charge in [-0.3, -0.25) is 14.6 Å². The van der Waals surface area contributed by atoms with Crippen LogP contribution >= 0.6 is 0 Å². The molecule has 0 bridgehead atoms. The Morgan fingerprint density at radius 3 is 2.44 bits per heavy atom. The van der Waals surface area contributed by atoms with Crippen molar-refractivity contribution in [3.8, 4) is 0 Å². The third kappa shape index (κ3) is 4.59. The molecule has 4 rings (SSSR count). The van der Waals surface area contributed by atoms with Crippen molar-refractivity contribution < 1.29 is 13.9 Å². The number of anilines is 1. The van der Waals surface area contributed by atoms with E-state index >= 15 is 0 Å². The molecule has 27 heavy (non-hydrogen) atoms. The van der Waals surface area contributed by atoms with Gasteiger partial charge in [0, 0.05) is 70.6 Å². The number of nitrogens with zero attached hydrogens (tertiary/aromatic N) is 4. The van der Waals surface area contributed by atoms with Gasteiger partial charge in [-0.05, 0) is 24.3 Å². The molecule has 3 aliphatic heterocycles. The van der Waals surface area contributed by atoms with Gasteiger partial charge in [0.05, 0.1) is 19.6 Å². The van der Waals surface area contributed by atoms with E-state index in [2.05, 4.69) is 14.7 Å². The van der Waals surface area contributed by atoms with Crippen LogP contribution in [0.2, 0.25) is 0 Å². The summed E-state index contributed by atoms with van der Waals surface area (Å²) in [5.41, 5.74) is 1.11. The standard InChI is InChI=1S/C20H29FN4O2/c21-17-1-3-18(4-2-17)23-8-10-24(11-9-23)19-15-22(16-19)6-7-25-12-14-27-13-5-20(25)26/h1-4,19H,5-16H2. The maximum absolute atomic E-state index is 13.1. The van der Waals surface area contributed by atoms with E-state index in [1.54, 1.807) is 0 Å². The lowest BCUT2D eigenvalue weighted by atomic mass is 10.1. The smallest absolute Gasteiger partial charge is 0.225 e. The molecule has 0 atom stereocenters. The molecule has 6 nitrogen and oxygen atoms in total. The van der Waals surface area contributed by atoms with Gasteiger partial charge < -0.3 is 14.5 Å². The summed E-state index contributed by atoms with van der Waals surface area (Å²) in [4.78, 5) is 21.3. The number of halogens is 1. The molecule has 1 amide bonds. The molecule has 1 aromatic rings. The minimum Gasteiger partial charge on any atom is -0.379 e. The lowest BCUT2D eigenvalue weighted by Crippen LogP contribution is -2.63. The van der Waals surface area contributed by atoms with Gasteiger partial charge in [0.15, 0.2) is 0 Å². The van der Waals surface area contributed by atoms with Gasteiger partial charge in [0.1, 0.15) is 5.82 Å². The second-order valence-electron chi connectivity index (χ2n) is 7.66. The Kier molecular flexibility index (Phi) is 5.90. The van der Waals surface area contributed by atoms with E-state index in [0.29, 0.717) is 25.7 Å². The largest absolute Gasteiger partial charge is 0.379 e. The van der Waals surface area contributed by atoms with Crippen LogP contribution in [0.1, 0.15) is 6.42 Å². The molecule has 0 saturated carbocycles. The maximum Gasteiger partial charge on any atom is 0.225 e. The van der Waals surface area contributed by atoms with Gasteiger partial charge in [-0.15, -0.1) is 0 Å². The average molecular weight is 376 g/mol. The number of hydrogen-bond donors (Lipinski definition) is 0. The lowest BCUT2D eigenvalue weighted by molar-refractivity contribution is -0.130. The van der Waals surface area contributed by atoms with E-state index in [-0.39, 0.29) is 11.7 Å². The highest BCUT2D eigenvalue weighted by Gasteiger charge is 2.33. The summed E-state index contributed by atoms with van der Waals surface area (Å²) in [5.74, 6) is 0.0443. The number of carbonyl (C=O) groups is 1. The number of hydrogen-bond acceptors (Lipinski definition) is 5. The predicted molar refractivity (Wildman–Crippen MR) is 102 cm³/mol. The van der Waals surface area contributed by atoms with Crippen LogP contribution in [0.3, 0.4) is 0 Å². The van der Waals surface area contributed by atoms with Crippen molar-refractivity contribution in [2.75, 3.05) is 77.0 Å². The Bertz CT molecular complexity index is 627. The minimum atomic E-state index is -0.179. The fraction of sp³-hybridized carbons (Fsp3) is 0.650. The number of carbonyl (C=O) groups excluding carboxylic acids is 1. The minimum absolute atomic E-state index is 0.179. The molecule has 3 aliphatic rings. The van der Waals surface area contributed by atoms with Crippen LogP contribution in [0.5, 0.6) is 0 Å². The molecule has 0 N–H and O–H groups in total. The maximum atomic E-state index is 13.1. The van der Waals surface area contributed by atoms with Crippen molar-refractivity contribution in [1.29, 1.82) is 0 Å². The summed E-state index contributed by atoms with van der Waals surface area (Å²) in [6, 6.07) is 7.43. The van der Waals surface area contributed by atoms with E-state index in [4.69, 9.17) is 4.74 Å². The van der Waals surface area contributed by atoms with Crippen LogP contribution in [0.4, 0.5) is 10.1 Å². The summed E-state index contributed by atoms with van der Waals surface area (Å²) in [5, 5.41) is 0. The van der Waals surface area contributed by atoms with E-state index in [1.165, 1.54) is 12.1 Å². The summed E-state index contributed by atoms with van der Waals surface area (Å²) in [6.45, 7) is 9.98. The van der Waals surface area contributed by atoms with E-state index in [1.807, 2.05) is 17.0 Å². The Labute approximate surface area is 160 Å². The van der Waals surface area contributed by atoms with Crippen LogP contribution in [0.25, 0.3) is 0 Å². The first-order valence-electron chi connectivity index (χ1n) is 10.0. The Hall–Kier alpha value is -1.70. The SMILES string of the molecule is O=C1CCOCCN1CCN1CC(N2CCN(c3ccc(F)cc3)CC2)C1. The number of benzene rings is 1. The quantitative estimate of drug-likeness (QED) is 0.763. The van der Waals surface area contributed by atoms with Gasteiger partial charge in [0.25, 0.3) is 0 Å². The molecule has 0 aliphatic carbocycles. The first-order valence-corrected chi connectivity index (χ1v) is 10.0. The Morgan fingerprint density at radius 2 is 1.70 bits per heavy atom. The number of ether oxygens (including phenoxy) is 1. The molecule has 0 radical (unpaired) electrons. The Morgan fingerprint density at radius 1 is 0.963 bits per heavy atom. The van der Waals surface area contributed by atoms with E-state index in [0.717, 1.165) is 64.6 Å². The predicted octanol–water partition coefficient (Wildman–Crippen LogP) is 0.881. The van der Waals surface area contributed by atoms with Gasteiger partial charge in [-0.25, -0.2) is 4.39 Å². The molecule has 148 valence electrons. The van der Waals surface area contributed by atoms with Crippen molar-refractivity contribution in [2.24, 2.45) is 0 Å². The molecular weight excluding hydrogens is 347 g/mol. The zero-order valence-corrected chi connectivity index (χ0v) is 15.9. The summed E-state index contributed by atoms with van der Waals surface area (Å²) < 4.78 is 18.5. The summed E-state index contributed by atoms with van der Waals surface area (Å²) in [7, 11) is 0. The molecule has 0 unspecified atom stereocenters. The fourth-order valence-corrected chi connectivity index (χ4v) is 4.17. The van der Waals surface area contributed by atoms with Crippen molar-refractivity contribution in [2.45, 2.75) is 12.5 Å². The number of rotatable bonds is 5. The topological polar surface area (TPSA) is 39.3 Å². The molecule has 7 heteroatoms. The van der Waals surface area contributed by atoms with Gasteiger partial charge >= 0.3 is 0 Å². The highest BCUT2D eigenvalue weighted by molar-refractivity contribution is 5.76. The van der Waals surface area contributed by atoms with Crippen molar-refractivity contribution in [1.82, 2.24) is 14.7 Å². The number of piperazine rings is 1. The molecular formula is C20H29FN4O2. The highest BCUT2D eigenvalue weighted by atomic mass is 19.1. The molecule has 0 aromatic heterocycles. The second kappa shape index (κ2) is 8.54. The van der Waals surface area contributed by atoms with E-state index in [9.17, 15) is 9.18 Å². The van der Waals surface area contributed by atoms with Gasteiger partial charge in [0.2, 0.25) is 5.91 Å². The first kappa shape index (κ1) is 18.7. The van der Waals surface area contributed by atoms with Crippen LogP contribution in [-0.4, -0.2) is 98.8 Å². The summed E-state index contributed by atoms with van der Waals surface area (Å²) in [6.07, 6.45) is 0.515. The summed E-state index contributed by atoms with van der Waals surface area (Å²) >= 11 is 0. The van der Waals surface area contributed by atoms with Crippen molar-refractivity contribution in [3.63, 3.8) is 0 Å². The second-order valence-corrected chi connectivity index (χ2v) is 7.66. The number of amides is 1. The van der Waals surface area contributed by atoms with Crippen molar-refractivity contribution >= 4 is 11.6 Å². The van der Waals surface area contributed by atoms with Crippen molar-refractivity contribution in [3.05, 3.63) is 30.1 Å². The van der Waals surface area contributed by atoms with Gasteiger partial charge in [-0.1, -0.05) is 0 Å². The molecule has 3 heterocycles. The fourth-order valence-electron chi connectivity index (χ4n) is 4.17. The monoisotopic (exact) mass is 376 g/mol. The van der Waals surface area contributed by atoms with Crippen LogP contribution < -0.4 is 4.90 Å². The van der Waals surface area contributed by atoms with Crippen LogP contribution in [0, 0.1) is 5.82 Å². The molecule has 3 saturated heterocycles. The third-order valence-corrected chi connectivity index (χ3v) is 5.96. The average Bonchev–Trinajstić information content (AvgIpc) is 2.86. The molecule has 3 fully saturated rings. The molecule has 0 spiro atoms. The van der Waals surface area contributed by atoms with Crippen LogP contribution in [-0.2, 0) is 9.53 Å². The third-order valence-electron chi connectivity index (χ3n) is 5.96. The lowest BCUT2D eigenvalue weighted by Gasteiger charge is -2.48. The number of likely N-dealkylation sites (tertiary alicyclic amines) is 1. The van der Waals surface area contributed by atoms with Crippen LogP contribution in [0.15, 0.2) is 24.3 Å². The zero-order chi connectivity index (χ0) is 18.6. The highest BCUT2D eigenvalue weighted by Crippen LogP contribution is 2.21. The Balaban J connectivity index is 1.16. The normalized spacial score (nSPS) is 23.4. The van der Waals surface area contributed by atoms with E-state index < -0.39 is 0 Å². The molecule has 1 aromatic carbocycles. The zero-order valence-electron chi connectivity index (χ0n) is 15.9. The first-order chi connectivity index (χ1) is 13.2. The van der Waals surface area contributed by atoms with Gasteiger partial charge in [-0.2, -0.15) is 0 Å².